The maximum absolute atomic E-state index is 11.9. The zero-order valence-electron chi connectivity index (χ0n) is 13.5. The summed E-state index contributed by atoms with van der Waals surface area (Å²) in [4.78, 5) is 16.5. The van der Waals surface area contributed by atoms with Crippen LogP contribution >= 0.6 is 23.1 Å². The van der Waals surface area contributed by atoms with Gasteiger partial charge in [0.2, 0.25) is 0 Å². The van der Waals surface area contributed by atoms with Crippen LogP contribution in [0.2, 0.25) is 0 Å². The highest BCUT2D eigenvalue weighted by atomic mass is 32.2. The number of carbonyl (C=O) groups is 1. The predicted molar refractivity (Wildman–Crippen MR) is 104 cm³/mol. The summed E-state index contributed by atoms with van der Waals surface area (Å²) in [6.45, 7) is 0. The Labute approximate surface area is 157 Å². The average Bonchev–Trinajstić information content (AvgIpc) is 3.28. The Morgan fingerprint density at radius 1 is 1.08 bits per heavy atom. The van der Waals surface area contributed by atoms with Gasteiger partial charge in [0.1, 0.15) is 5.76 Å². The summed E-state index contributed by atoms with van der Waals surface area (Å²) >= 11 is 3.08. The number of benzene rings is 2. The van der Waals surface area contributed by atoms with Crippen molar-refractivity contribution in [1.29, 1.82) is 0 Å². The third-order valence-corrected chi connectivity index (χ3v) is 5.48. The number of furan rings is 1. The van der Waals surface area contributed by atoms with Crippen LogP contribution in [0.4, 0.5) is 0 Å². The van der Waals surface area contributed by atoms with Crippen LogP contribution in [0.25, 0.3) is 10.2 Å². The fourth-order valence-corrected chi connectivity index (χ4v) is 4.22. The molecule has 2 heterocycles. The van der Waals surface area contributed by atoms with Gasteiger partial charge in [0, 0.05) is 5.56 Å². The van der Waals surface area contributed by atoms with Crippen molar-refractivity contribution < 1.29 is 9.21 Å². The molecular formula is C19H13N3O2S2. The third-order valence-electron chi connectivity index (χ3n) is 3.46. The van der Waals surface area contributed by atoms with Crippen LogP contribution in [0, 0.1) is 0 Å². The van der Waals surface area contributed by atoms with E-state index < -0.39 is 0 Å². The van der Waals surface area contributed by atoms with E-state index in [-0.39, 0.29) is 5.91 Å². The number of rotatable bonds is 5. The molecule has 0 unspecified atom stereocenters. The zero-order valence-corrected chi connectivity index (χ0v) is 15.1. The average molecular weight is 379 g/mol. The molecule has 0 aliphatic heterocycles. The number of hydrogen-bond acceptors (Lipinski definition) is 6. The van der Waals surface area contributed by atoms with Crippen molar-refractivity contribution >= 4 is 45.4 Å². The third kappa shape index (κ3) is 3.84. The van der Waals surface area contributed by atoms with Gasteiger partial charge in [-0.15, -0.1) is 11.3 Å². The topological polar surface area (TPSA) is 67.5 Å². The molecule has 5 nitrogen and oxygen atoms in total. The molecule has 26 heavy (non-hydrogen) atoms. The number of carbonyl (C=O) groups excluding carboxylic acids is 1. The van der Waals surface area contributed by atoms with E-state index in [1.807, 2.05) is 36.4 Å². The lowest BCUT2D eigenvalue weighted by atomic mass is 10.2. The number of amides is 1. The van der Waals surface area contributed by atoms with Crippen molar-refractivity contribution in [2.75, 3.05) is 0 Å². The minimum atomic E-state index is -0.266. The van der Waals surface area contributed by atoms with E-state index in [4.69, 9.17) is 4.42 Å². The van der Waals surface area contributed by atoms with E-state index in [2.05, 4.69) is 15.5 Å². The first-order valence-corrected chi connectivity index (χ1v) is 9.43. The van der Waals surface area contributed by atoms with E-state index in [9.17, 15) is 4.79 Å². The van der Waals surface area contributed by atoms with E-state index in [0.29, 0.717) is 11.3 Å². The normalized spacial score (nSPS) is 11.2. The molecule has 1 N–H and O–H groups in total. The highest BCUT2D eigenvalue weighted by molar-refractivity contribution is 8.01. The molecule has 0 fully saturated rings. The SMILES string of the molecule is O=C(NN=Cc1ccc(Sc2nc3ccccc3s2)o1)c1ccccc1. The first-order valence-electron chi connectivity index (χ1n) is 7.80. The number of nitrogens with one attached hydrogen (secondary N) is 1. The van der Waals surface area contributed by atoms with Crippen LogP contribution in [0.3, 0.4) is 0 Å². The van der Waals surface area contributed by atoms with Gasteiger partial charge in [0.15, 0.2) is 9.43 Å². The first kappa shape index (κ1) is 16.6. The van der Waals surface area contributed by atoms with Crippen molar-refractivity contribution in [2.24, 2.45) is 5.10 Å². The highest BCUT2D eigenvalue weighted by Gasteiger charge is 2.08. The molecule has 4 rings (SSSR count). The van der Waals surface area contributed by atoms with Gasteiger partial charge in [-0.2, -0.15) is 5.10 Å². The Hall–Kier alpha value is -2.90. The van der Waals surface area contributed by atoms with Crippen LogP contribution in [0.5, 0.6) is 0 Å². The Balaban J connectivity index is 1.39. The fourth-order valence-electron chi connectivity index (χ4n) is 2.25. The number of thiazole rings is 1. The zero-order chi connectivity index (χ0) is 17.8. The summed E-state index contributed by atoms with van der Waals surface area (Å²) in [7, 11) is 0. The quantitative estimate of drug-likeness (QED) is 0.399. The Morgan fingerprint density at radius 3 is 2.73 bits per heavy atom. The highest BCUT2D eigenvalue weighted by Crippen LogP contribution is 2.34. The molecule has 0 atom stereocenters. The van der Waals surface area contributed by atoms with E-state index in [1.54, 1.807) is 41.7 Å². The number of hydrogen-bond donors (Lipinski definition) is 1. The minimum absolute atomic E-state index is 0.266. The number of nitrogens with zero attached hydrogens (tertiary/aromatic N) is 2. The van der Waals surface area contributed by atoms with Crippen LogP contribution in [0.1, 0.15) is 16.1 Å². The molecule has 0 aliphatic rings. The summed E-state index contributed by atoms with van der Waals surface area (Å²) in [6.07, 6.45) is 1.48. The second-order valence-corrected chi connectivity index (χ2v) is 7.55. The molecule has 0 saturated carbocycles. The summed E-state index contributed by atoms with van der Waals surface area (Å²) in [5.41, 5.74) is 4.01. The Morgan fingerprint density at radius 2 is 1.88 bits per heavy atom. The van der Waals surface area contributed by atoms with Crippen LogP contribution in [-0.2, 0) is 0 Å². The summed E-state index contributed by atoms with van der Waals surface area (Å²) < 4.78 is 7.76. The maximum Gasteiger partial charge on any atom is 0.271 e. The molecule has 0 saturated heterocycles. The van der Waals surface area contributed by atoms with Crippen LogP contribution in [0.15, 0.2) is 85.7 Å². The molecule has 0 radical (unpaired) electrons. The van der Waals surface area contributed by atoms with Gasteiger partial charge in [-0.3, -0.25) is 4.79 Å². The number of hydrazone groups is 1. The molecule has 4 aromatic rings. The molecule has 7 heteroatoms. The van der Waals surface area contributed by atoms with Crippen molar-refractivity contribution in [3.8, 4) is 0 Å². The van der Waals surface area contributed by atoms with E-state index >= 15 is 0 Å². The molecule has 0 bridgehead atoms. The Bertz CT molecular complexity index is 1040. The summed E-state index contributed by atoms with van der Waals surface area (Å²) in [5.74, 6) is 0.291. The molecular weight excluding hydrogens is 366 g/mol. The van der Waals surface area contributed by atoms with Gasteiger partial charge in [0.25, 0.3) is 5.91 Å². The smallest absolute Gasteiger partial charge is 0.271 e. The van der Waals surface area contributed by atoms with Crippen LogP contribution in [-0.4, -0.2) is 17.1 Å². The lowest BCUT2D eigenvalue weighted by Crippen LogP contribution is -2.17. The molecule has 1 amide bonds. The van der Waals surface area contributed by atoms with Gasteiger partial charge < -0.3 is 4.42 Å². The molecule has 2 aromatic carbocycles. The lowest BCUT2D eigenvalue weighted by Gasteiger charge is -1.97. The van der Waals surface area contributed by atoms with Gasteiger partial charge in [-0.05, 0) is 48.2 Å². The van der Waals surface area contributed by atoms with Gasteiger partial charge in [0.05, 0.1) is 16.4 Å². The van der Waals surface area contributed by atoms with Crippen molar-refractivity contribution in [3.05, 3.63) is 78.1 Å². The summed E-state index contributed by atoms with van der Waals surface area (Å²) in [6, 6.07) is 20.6. The first-order chi connectivity index (χ1) is 12.8. The second-order valence-electron chi connectivity index (χ2n) is 5.27. The van der Waals surface area contributed by atoms with Gasteiger partial charge in [-0.1, -0.05) is 30.3 Å². The molecule has 0 spiro atoms. The number of fused-ring (bicyclic) bond motifs is 1. The second kappa shape index (κ2) is 7.55. The van der Waals surface area contributed by atoms with Crippen molar-refractivity contribution in [2.45, 2.75) is 9.43 Å². The largest absolute Gasteiger partial charge is 0.448 e. The van der Waals surface area contributed by atoms with E-state index in [1.165, 1.54) is 18.0 Å². The minimum Gasteiger partial charge on any atom is -0.448 e. The van der Waals surface area contributed by atoms with E-state index in [0.717, 1.165) is 19.6 Å². The monoisotopic (exact) mass is 379 g/mol. The maximum atomic E-state index is 11.9. The number of aromatic nitrogens is 1. The lowest BCUT2D eigenvalue weighted by molar-refractivity contribution is 0.0955. The fraction of sp³-hybridized carbons (Fsp3) is 0. The van der Waals surface area contributed by atoms with Crippen molar-refractivity contribution in [1.82, 2.24) is 10.4 Å². The Kier molecular flexibility index (Phi) is 4.81. The summed E-state index contributed by atoms with van der Waals surface area (Å²) in [5, 5.41) is 4.65. The molecule has 2 aromatic heterocycles. The standard InChI is InChI=1S/C19H13N3O2S2/c23-18(13-6-2-1-3-7-13)22-20-12-14-10-11-17(24-14)26-19-21-15-8-4-5-9-16(15)25-19/h1-12H,(H,22,23). The van der Waals surface area contributed by atoms with Gasteiger partial charge in [-0.25, -0.2) is 10.4 Å². The predicted octanol–water partition coefficient (Wildman–Crippen LogP) is 4.80. The van der Waals surface area contributed by atoms with Gasteiger partial charge >= 0.3 is 0 Å². The van der Waals surface area contributed by atoms with Crippen molar-refractivity contribution in [3.63, 3.8) is 0 Å². The molecule has 0 aliphatic carbocycles. The molecule has 128 valence electrons. The van der Waals surface area contributed by atoms with Crippen LogP contribution < -0.4 is 5.43 Å². The number of para-hydroxylation sites is 1.